The first kappa shape index (κ1) is 21.0. The molecule has 2 aromatic carbocycles. The second-order valence-electron chi connectivity index (χ2n) is 7.66. The standard InChI is InChI=1S/C23H24F2N4O2/c1-16-12-23(30)29(22(26-16)15-31-19-5-3-4-17(24)13-19)18-6-7-21(20(25)14-18)28-10-8-27(2)9-11-28/h3-7,12-14H,8-11,15H2,1-2H3. The zero-order valence-corrected chi connectivity index (χ0v) is 17.5. The van der Waals surface area contributed by atoms with Crippen molar-refractivity contribution in [3.63, 3.8) is 0 Å². The summed E-state index contributed by atoms with van der Waals surface area (Å²) >= 11 is 0. The minimum Gasteiger partial charge on any atom is -0.486 e. The molecule has 0 spiro atoms. The SMILES string of the molecule is Cc1cc(=O)n(-c2ccc(N3CCN(C)CC3)c(F)c2)c(COc2cccc(F)c2)n1. The van der Waals surface area contributed by atoms with Gasteiger partial charge in [0.25, 0.3) is 5.56 Å². The Morgan fingerprint density at radius 1 is 1.03 bits per heavy atom. The summed E-state index contributed by atoms with van der Waals surface area (Å²) in [6.45, 7) is 4.85. The van der Waals surface area contributed by atoms with Gasteiger partial charge in [0.15, 0.2) is 5.82 Å². The molecule has 2 heterocycles. The van der Waals surface area contributed by atoms with E-state index in [0.29, 0.717) is 28.6 Å². The number of nitrogens with zero attached hydrogens (tertiary/aromatic N) is 4. The number of anilines is 1. The Hall–Kier alpha value is -3.26. The van der Waals surface area contributed by atoms with Crippen LogP contribution in [0.1, 0.15) is 11.5 Å². The molecule has 0 unspecified atom stereocenters. The molecule has 31 heavy (non-hydrogen) atoms. The summed E-state index contributed by atoms with van der Waals surface area (Å²) in [7, 11) is 2.04. The number of aryl methyl sites for hydroxylation is 1. The van der Waals surface area contributed by atoms with Crippen molar-refractivity contribution in [3.8, 4) is 11.4 Å². The van der Waals surface area contributed by atoms with E-state index in [-0.39, 0.29) is 12.2 Å². The molecule has 1 aromatic heterocycles. The molecule has 0 atom stereocenters. The summed E-state index contributed by atoms with van der Waals surface area (Å²) in [5.74, 6) is -0.194. The van der Waals surface area contributed by atoms with Crippen LogP contribution in [0.2, 0.25) is 0 Å². The van der Waals surface area contributed by atoms with Crippen LogP contribution in [0.15, 0.2) is 53.3 Å². The number of hydrogen-bond acceptors (Lipinski definition) is 5. The second-order valence-corrected chi connectivity index (χ2v) is 7.66. The van der Waals surface area contributed by atoms with Crippen molar-refractivity contribution in [2.45, 2.75) is 13.5 Å². The van der Waals surface area contributed by atoms with Crippen LogP contribution in [0.5, 0.6) is 5.75 Å². The van der Waals surface area contributed by atoms with Crippen LogP contribution >= 0.6 is 0 Å². The van der Waals surface area contributed by atoms with Gasteiger partial charge < -0.3 is 14.5 Å². The van der Waals surface area contributed by atoms with E-state index in [0.717, 1.165) is 26.2 Å². The predicted molar refractivity (Wildman–Crippen MR) is 115 cm³/mol. The average Bonchev–Trinajstić information content (AvgIpc) is 2.73. The van der Waals surface area contributed by atoms with Gasteiger partial charge in [-0.3, -0.25) is 9.36 Å². The van der Waals surface area contributed by atoms with E-state index >= 15 is 0 Å². The van der Waals surface area contributed by atoms with Crippen LogP contribution in [0.4, 0.5) is 14.5 Å². The fraction of sp³-hybridized carbons (Fsp3) is 0.304. The van der Waals surface area contributed by atoms with Gasteiger partial charge in [0, 0.05) is 50.1 Å². The van der Waals surface area contributed by atoms with Crippen molar-refractivity contribution in [1.29, 1.82) is 0 Å². The normalized spacial score (nSPS) is 14.6. The highest BCUT2D eigenvalue weighted by Gasteiger charge is 2.19. The Bertz CT molecular complexity index is 1140. The van der Waals surface area contributed by atoms with Crippen molar-refractivity contribution >= 4 is 5.69 Å². The first-order valence-corrected chi connectivity index (χ1v) is 10.1. The number of benzene rings is 2. The average molecular weight is 426 g/mol. The van der Waals surface area contributed by atoms with Gasteiger partial charge in [0.1, 0.15) is 24.0 Å². The van der Waals surface area contributed by atoms with Crippen molar-refractivity contribution in [3.05, 3.63) is 82.0 Å². The summed E-state index contributed by atoms with van der Waals surface area (Å²) in [4.78, 5) is 21.3. The Balaban J connectivity index is 1.64. The molecule has 0 aliphatic carbocycles. The lowest BCUT2D eigenvalue weighted by molar-refractivity contribution is 0.290. The van der Waals surface area contributed by atoms with Gasteiger partial charge in [-0.15, -0.1) is 0 Å². The Morgan fingerprint density at radius 3 is 2.52 bits per heavy atom. The molecule has 1 aliphatic rings. The molecule has 0 N–H and O–H groups in total. The van der Waals surface area contributed by atoms with Crippen molar-refractivity contribution in [1.82, 2.24) is 14.5 Å². The fourth-order valence-electron chi connectivity index (χ4n) is 3.67. The van der Waals surface area contributed by atoms with Crippen LogP contribution in [0, 0.1) is 18.6 Å². The van der Waals surface area contributed by atoms with Gasteiger partial charge in [0.05, 0.1) is 11.4 Å². The molecular formula is C23H24F2N4O2. The maximum absolute atomic E-state index is 15.0. The summed E-state index contributed by atoms with van der Waals surface area (Å²) in [5, 5.41) is 0. The van der Waals surface area contributed by atoms with Crippen molar-refractivity contribution in [2.75, 3.05) is 38.1 Å². The molecule has 1 saturated heterocycles. The zero-order chi connectivity index (χ0) is 22.0. The number of piperazine rings is 1. The van der Waals surface area contributed by atoms with E-state index in [1.807, 2.05) is 11.9 Å². The molecule has 1 aliphatic heterocycles. The lowest BCUT2D eigenvalue weighted by atomic mass is 10.2. The molecule has 0 bridgehead atoms. The molecule has 0 radical (unpaired) electrons. The Morgan fingerprint density at radius 2 is 1.81 bits per heavy atom. The van der Waals surface area contributed by atoms with Gasteiger partial charge in [-0.1, -0.05) is 6.07 Å². The van der Waals surface area contributed by atoms with E-state index in [4.69, 9.17) is 4.74 Å². The van der Waals surface area contributed by atoms with Gasteiger partial charge in [-0.2, -0.15) is 0 Å². The number of aromatic nitrogens is 2. The molecule has 8 heteroatoms. The van der Waals surface area contributed by atoms with Crippen molar-refractivity contribution in [2.24, 2.45) is 0 Å². The third kappa shape index (κ3) is 4.74. The van der Waals surface area contributed by atoms with Crippen LogP contribution in [-0.2, 0) is 6.61 Å². The molecule has 3 aromatic rings. The topological polar surface area (TPSA) is 50.6 Å². The molecule has 0 saturated carbocycles. The summed E-state index contributed by atoms with van der Waals surface area (Å²) in [6.07, 6.45) is 0. The minimum absolute atomic E-state index is 0.0673. The number of halogens is 2. The van der Waals surface area contributed by atoms with Crippen LogP contribution in [-0.4, -0.2) is 47.7 Å². The summed E-state index contributed by atoms with van der Waals surface area (Å²) in [5.41, 5.74) is 1.07. The third-order valence-corrected chi connectivity index (χ3v) is 5.31. The van der Waals surface area contributed by atoms with Gasteiger partial charge in [-0.05, 0) is 38.2 Å². The maximum Gasteiger partial charge on any atom is 0.258 e. The van der Waals surface area contributed by atoms with Gasteiger partial charge in [0.2, 0.25) is 0 Å². The van der Waals surface area contributed by atoms with Gasteiger partial charge >= 0.3 is 0 Å². The highest BCUT2D eigenvalue weighted by atomic mass is 19.1. The van der Waals surface area contributed by atoms with E-state index in [1.54, 1.807) is 25.1 Å². The Kier molecular flexibility index (Phi) is 5.99. The fourth-order valence-corrected chi connectivity index (χ4v) is 3.67. The van der Waals surface area contributed by atoms with Crippen LogP contribution < -0.4 is 15.2 Å². The molecule has 6 nitrogen and oxygen atoms in total. The molecule has 1 fully saturated rings. The lowest BCUT2D eigenvalue weighted by Crippen LogP contribution is -2.44. The smallest absolute Gasteiger partial charge is 0.258 e. The number of hydrogen-bond donors (Lipinski definition) is 0. The largest absolute Gasteiger partial charge is 0.486 e. The quantitative estimate of drug-likeness (QED) is 0.628. The van der Waals surface area contributed by atoms with E-state index in [2.05, 4.69) is 9.88 Å². The number of rotatable bonds is 5. The lowest BCUT2D eigenvalue weighted by Gasteiger charge is -2.34. The van der Waals surface area contributed by atoms with E-state index in [9.17, 15) is 13.6 Å². The number of likely N-dealkylation sites (N-methyl/N-ethyl adjacent to an activating group) is 1. The molecule has 162 valence electrons. The molecular weight excluding hydrogens is 402 g/mol. The minimum atomic E-state index is -0.423. The van der Waals surface area contributed by atoms with Crippen LogP contribution in [0.25, 0.3) is 5.69 Å². The van der Waals surface area contributed by atoms with Gasteiger partial charge in [-0.25, -0.2) is 13.8 Å². The Labute approximate surface area is 179 Å². The monoisotopic (exact) mass is 426 g/mol. The predicted octanol–water partition coefficient (Wildman–Crippen LogP) is 3.15. The first-order chi connectivity index (χ1) is 14.9. The number of ether oxygens (including phenoxy) is 1. The highest BCUT2D eigenvalue weighted by molar-refractivity contribution is 5.53. The van der Waals surface area contributed by atoms with E-state index < -0.39 is 11.6 Å². The van der Waals surface area contributed by atoms with Crippen LogP contribution in [0.3, 0.4) is 0 Å². The van der Waals surface area contributed by atoms with E-state index in [1.165, 1.54) is 34.9 Å². The van der Waals surface area contributed by atoms with Crippen molar-refractivity contribution < 1.29 is 13.5 Å². The first-order valence-electron chi connectivity index (χ1n) is 10.1. The zero-order valence-electron chi connectivity index (χ0n) is 17.5. The second kappa shape index (κ2) is 8.85. The third-order valence-electron chi connectivity index (χ3n) is 5.31. The highest BCUT2D eigenvalue weighted by Crippen LogP contribution is 2.24. The molecule has 4 rings (SSSR count). The summed E-state index contributed by atoms with van der Waals surface area (Å²) < 4.78 is 35.4. The summed E-state index contributed by atoms with van der Waals surface area (Å²) in [6, 6.07) is 11.9. The molecule has 0 amide bonds. The maximum atomic E-state index is 15.0.